The van der Waals surface area contributed by atoms with Crippen molar-refractivity contribution in [3.05, 3.63) is 176 Å². The molecule has 0 saturated heterocycles. The molecule has 10 aromatic rings. The van der Waals surface area contributed by atoms with Crippen molar-refractivity contribution in [1.82, 2.24) is 0 Å². The summed E-state index contributed by atoms with van der Waals surface area (Å²) in [5.74, 6) is 0. The SMILES string of the molecule is c1ccc(-c2ccc(N(c3cc(-c4ccccc4)c4c(c3)oc3c5ccccc5ccc34)c3cccc4c3sc3ccccc34)cc2)cc1. The summed E-state index contributed by atoms with van der Waals surface area (Å²) < 4.78 is 9.42. The number of nitrogens with zero attached hydrogens (tertiary/aromatic N) is 1. The van der Waals surface area contributed by atoms with Crippen molar-refractivity contribution in [3.8, 4) is 22.3 Å². The Morgan fingerprint density at radius 1 is 0.449 bits per heavy atom. The maximum absolute atomic E-state index is 6.88. The van der Waals surface area contributed by atoms with Crippen LogP contribution in [-0.4, -0.2) is 0 Å². The van der Waals surface area contributed by atoms with E-state index in [0.717, 1.165) is 55.5 Å². The van der Waals surface area contributed by atoms with Crippen LogP contribution in [0.15, 0.2) is 180 Å². The lowest BCUT2D eigenvalue weighted by Crippen LogP contribution is -2.10. The van der Waals surface area contributed by atoms with Crippen LogP contribution in [0.4, 0.5) is 17.1 Å². The first-order chi connectivity index (χ1) is 24.3. The number of hydrogen-bond donors (Lipinski definition) is 0. The number of hydrogen-bond acceptors (Lipinski definition) is 3. The summed E-state index contributed by atoms with van der Waals surface area (Å²) >= 11 is 1.85. The zero-order chi connectivity index (χ0) is 32.3. The summed E-state index contributed by atoms with van der Waals surface area (Å²) in [7, 11) is 0. The smallest absolute Gasteiger partial charge is 0.143 e. The molecule has 2 nitrogen and oxygen atoms in total. The number of anilines is 3. The Morgan fingerprint density at radius 2 is 1.12 bits per heavy atom. The van der Waals surface area contributed by atoms with Gasteiger partial charge in [-0.05, 0) is 64.0 Å². The average molecular weight is 644 g/mol. The summed E-state index contributed by atoms with van der Waals surface area (Å²) in [6.45, 7) is 0. The quantitative estimate of drug-likeness (QED) is 0.186. The minimum Gasteiger partial charge on any atom is -0.455 e. The fourth-order valence-electron chi connectivity index (χ4n) is 7.36. The predicted molar refractivity (Wildman–Crippen MR) is 210 cm³/mol. The van der Waals surface area contributed by atoms with Crippen molar-refractivity contribution in [3.63, 3.8) is 0 Å². The summed E-state index contributed by atoms with van der Waals surface area (Å²) in [6.07, 6.45) is 0. The van der Waals surface area contributed by atoms with Gasteiger partial charge in [-0.3, -0.25) is 0 Å². The number of thiophene rings is 1. The second-order valence-electron chi connectivity index (χ2n) is 12.5. The van der Waals surface area contributed by atoms with Gasteiger partial charge in [0.1, 0.15) is 11.2 Å². The molecule has 0 fully saturated rings. The molecule has 10 rings (SSSR count). The van der Waals surface area contributed by atoms with E-state index < -0.39 is 0 Å². The molecule has 0 radical (unpaired) electrons. The van der Waals surface area contributed by atoms with Gasteiger partial charge in [0.15, 0.2) is 0 Å². The molecular weight excluding hydrogens is 615 g/mol. The van der Waals surface area contributed by atoms with E-state index in [2.05, 4.69) is 181 Å². The lowest BCUT2D eigenvalue weighted by atomic mass is 9.97. The predicted octanol–water partition coefficient (Wildman–Crippen LogP) is 13.9. The lowest BCUT2D eigenvalue weighted by molar-refractivity contribution is 0.673. The maximum Gasteiger partial charge on any atom is 0.143 e. The van der Waals surface area contributed by atoms with Crippen LogP contribution >= 0.6 is 11.3 Å². The van der Waals surface area contributed by atoms with E-state index in [-0.39, 0.29) is 0 Å². The highest BCUT2D eigenvalue weighted by atomic mass is 32.1. The first-order valence-electron chi connectivity index (χ1n) is 16.6. The minimum atomic E-state index is 0.872. The highest BCUT2D eigenvalue weighted by Crippen LogP contribution is 2.48. The molecule has 49 heavy (non-hydrogen) atoms. The minimum absolute atomic E-state index is 0.872. The molecule has 2 heterocycles. The number of fused-ring (bicyclic) bond motifs is 8. The Balaban J connectivity index is 1.27. The first kappa shape index (κ1) is 27.9. The van der Waals surface area contributed by atoms with Crippen LogP contribution in [0.1, 0.15) is 0 Å². The third kappa shape index (κ3) is 4.55. The molecule has 0 bridgehead atoms. The third-order valence-electron chi connectivity index (χ3n) is 9.65. The second-order valence-corrected chi connectivity index (χ2v) is 13.6. The van der Waals surface area contributed by atoms with Crippen molar-refractivity contribution in [2.24, 2.45) is 0 Å². The van der Waals surface area contributed by atoms with Gasteiger partial charge in [0.25, 0.3) is 0 Å². The van der Waals surface area contributed by atoms with E-state index in [1.807, 2.05) is 11.3 Å². The largest absolute Gasteiger partial charge is 0.455 e. The van der Waals surface area contributed by atoms with Gasteiger partial charge in [-0.15, -0.1) is 11.3 Å². The molecule has 0 saturated carbocycles. The van der Waals surface area contributed by atoms with Gasteiger partial charge in [-0.2, -0.15) is 0 Å². The zero-order valence-corrected chi connectivity index (χ0v) is 27.3. The van der Waals surface area contributed by atoms with Gasteiger partial charge < -0.3 is 9.32 Å². The van der Waals surface area contributed by atoms with Crippen molar-refractivity contribution in [2.45, 2.75) is 0 Å². The maximum atomic E-state index is 6.88. The van der Waals surface area contributed by atoms with E-state index in [1.54, 1.807) is 0 Å². The number of benzene rings is 8. The summed E-state index contributed by atoms with van der Waals surface area (Å²) in [5.41, 5.74) is 9.78. The molecule has 0 atom stereocenters. The Kier molecular flexibility index (Phi) is 6.39. The first-order valence-corrected chi connectivity index (χ1v) is 17.4. The Hall–Kier alpha value is -6.16. The summed E-state index contributed by atoms with van der Waals surface area (Å²) in [6, 6.07) is 63.1. The highest BCUT2D eigenvalue weighted by molar-refractivity contribution is 7.26. The van der Waals surface area contributed by atoms with E-state index in [0.29, 0.717) is 0 Å². The standard InChI is InChI=1S/C46H29NOS/c1-3-12-30(13-4-1)31-22-25-34(26-23-31)47(41-20-11-19-38-37-18-9-10-21-43(37)49-46(38)41)35-28-40(32-14-5-2-6-15-32)44-39-27-24-33-16-7-8-17-36(33)45(39)48-42(44)29-35/h1-29H. The summed E-state index contributed by atoms with van der Waals surface area (Å²) in [5, 5.41) is 7.11. The van der Waals surface area contributed by atoms with Crippen LogP contribution in [0.2, 0.25) is 0 Å². The van der Waals surface area contributed by atoms with Gasteiger partial charge >= 0.3 is 0 Å². The molecule has 0 aliphatic carbocycles. The fourth-order valence-corrected chi connectivity index (χ4v) is 8.57. The topological polar surface area (TPSA) is 16.4 Å². The van der Waals surface area contributed by atoms with Crippen LogP contribution in [0, 0.1) is 0 Å². The van der Waals surface area contributed by atoms with Crippen LogP contribution in [0.25, 0.3) is 75.1 Å². The molecule has 0 amide bonds. The van der Waals surface area contributed by atoms with Crippen molar-refractivity contribution in [1.29, 1.82) is 0 Å². The van der Waals surface area contributed by atoms with Crippen molar-refractivity contribution in [2.75, 3.05) is 4.90 Å². The molecule has 3 heteroatoms. The van der Waals surface area contributed by atoms with Crippen LogP contribution in [0.5, 0.6) is 0 Å². The van der Waals surface area contributed by atoms with E-state index in [1.165, 1.54) is 36.7 Å². The molecule has 0 spiro atoms. The molecule has 0 unspecified atom stereocenters. The van der Waals surface area contributed by atoms with Crippen LogP contribution in [0.3, 0.4) is 0 Å². The Labute approximate surface area is 287 Å². The monoisotopic (exact) mass is 643 g/mol. The fraction of sp³-hybridized carbons (Fsp3) is 0. The van der Waals surface area contributed by atoms with E-state index in [4.69, 9.17) is 4.42 Å². The van der Waals surface area contributed by atoms with Gasteiger partial charge in [0.2, 0.25) is 0 Å². The van der Waals surface area contributed by atoms with E-state index >= 15 is 0 Å². The van der Waals surface area contributed by atoms with Gasteiger partial charge in [0.05, 0.1) is 16.1 Å². The lowest BCUT2D eigenvalue weighted by Gasteiger charge is -2.27. The van der Waals surface area contributed by atoms with Gasteiger partial charge in [-0.1, -0.05) is 133 Å². The summed E-state index contributed by atoms with van der Waals surface area (Å²) in [4.78, 5) is 2.41. The molecule has 230 valence electrons. The second kappa shape index (κ2) is 11.2. The number of rotatable bonds is 5. The Bertz CT molecular complexity index is 2810. The molecule has 8 aromatic carbocycles. The van der Waals surface area contributed by atoms with Crippen LogP contribution in [-0.2, 0) is 0 Å². The van der Waals surface area contributed by atoms with Crippen LogP contribution < -0.4 is 4.90 Å². The Morgan fingerprint density at radius 3 is 1.94 bits per heavy atom. The highest BCUT2D eigenvalue weighted by Gasteiger charge is 2.22. The molecule has 2 aromatic heterocycles. The van der Waals surface area contributed by atoms with Crippen molar-refractivity contribution >= 4 is 81.3 Å². The van der Waals surface area contributed by atoms with Gasteiger partial charge in [0, 0.05) is 43.4 Å². The normalized spacial score (nSPS) is 11.7. The number of furan rings is 1. The molecule has 0 aliphatic rings. The van der Waals surface area contributed by atoms with Gasteiger partial charge in [-0.25, -0.2) is 0 Å². The van der Waals surface area contributed by atoms with E-state index in [9.17, 15) is 0 Å². The van der Waals surface area contributed by atoms with Crippen molar-refractivity contribution < 1.29 is 4.42 Å². The molecular formula is C46H29NOS. The molecule has 0 aliphatic heterocycles. The molecule has 0 N–H and O–H groups in total. The third-order valence-corrected chi connectivity index (χ3v) is 10.9. The average Bonchev–Trinajstić information content (AvgIpc) is 3.75. The zero-order valence-electron chi connectivity index (χ0n) is 26.5.